The van der Waals surface area contributed by atoms with E-state index in [-0.39, 0.29) is 0 Å². The Morgan fingerprint density at radius 2 is 2.08 bits per heavy atom. The lowest BCUT2D eigenvalue weighted by Crippen LogP contribution is -1.86. The fourth-order valence-corrected chi connectivity index (χ4v) is 1.37. The van der Waals surface area contributed by atoms with Crippen LogP contribution in [0.2, 0.25) is 0 Å². The van der Waals surface area contributed by atoms with Gasteiger partial charge in [0.2, 0.25) is 0 Å². The smallest absolute Gasteiger partial charge is 0.0100 e. The lowest BCUT2D eigenvalue weighted by Gasteiger charge is -2.01. The van der Waals surface area contributed by atoms with Crippen molar-refractivity contribution < 1.29 is 0 Å². The fourth-order valence-electron chi connectivity index (χ4n) is 1.37. The Morgan fingerprint density at radius 3 is 2.75 bits per heavy atom. The van der Waals surface area contributed by atoms with E-state index in [9.17, 15) is 0 Å². The molecule has 0 saturated heterocycles. The molecule has 0 saturated carbocycles. The van der Waals surface area contributed by atoms with Crippen molar-refractivity contribution in [3.05, 3.63) is 48.0 Å². The molecule has 0 fully saturated rings. The third kappa shape index (κ3) is 2.54. The zero-order valence-electron chi connectivity index (χ0n) is 7.72. The molecule has 0 aromatic heterocycles. The summed E-state index contributed by atoms with van der Waals surface area (Å²) < 4.78 is 0. The van der Waals surface area contributed by atoms with E-state index in [1.807, 2.05) is 6.08 Å². The molecule has 0 bridgehead atoms. The Kier molecular flexibility index (Phi) is 3.59. The second-order valence-electron chi connectivity index (χ2n) is 3.06. The van der Waals surface area contributed by atoms with Gasteiger partial charge in [-0.25, -0.2) is 0 Å². The van der Waals surface area contributed by atoms with Crippen molar-refractivity contribution in [2.75, 3.05) is 0 Å². The van der Waals surface area contributed by atoms with E-state index >= 15 is 0 Å². The Bertz CT molecular complexity index is 248. The topological polar surface area (TPSA) is 0 Å². The van der Waals surface area contributed by atoms with Gasteiger partial charge in [0.15, 0.2) is 0 Å². The molecule has 0 radical (unpaired) electrons. The molecule has 0 aliphatic carbocycles. The number of aryl methyl sites for hydroxylation is 1. The minimum Gasteiger partial charge on any atom is -0.103 e. The summed E-state index contributed by atoms with van der Waals surface area (Å²) >= 11 is 0. The summed E-state index contributed by atoms with van der Waals surface area (Å²) in [7, 11) is 0. The standard InChI is InChI=1S/C12H16/c1-3-6-11-8-5-9-12(10-11)7-4-2/h3,5,8-10H,1,4,6-7H2,2H3. The number of benzene rings is 1. The van der Waals surface area contributed by atoms with Crippen molar-refractivity contribution in [3.8, 4) is 0 Å². The lowest BCUT2D eigenvalue weighted by molar-refractivity contribution is 0.919. The van der Waals surface area contributed by atoms with Crippen molar-refractivity contribution in [2.45, 2.75) is 26.2 Å². The van der Waals surface area contributed by atoms with Crippen LogP contribution in [0.25, 0.3) is 0 Å². The van der Waals surface area contributed by atoms with Crippen molar-refractivity contribution in [1.82, 2.24) is 0 Å². The second-order valence-corrected chi connectivity index (χ2v) is 3.06. The van der Waals surface area contributed by atoms with Crippen LogP contribution in [0.15, 0.2) is 36.9 Å². The number of hydrogen-bond acceptors (Lipinski definition) is 0. The molecular weight excluding hydrogens is 144 g/mol. The third-order valence-electron chi connectivity index (χ3n) is 1.91. The SMILES string of the molecule is C=CCc1cccc(CCC)c1. The first kappa shape index (κ1) is 9.05. The first-order valence-electron chi connectivity index (χ1n) is 4.55. The van der Waals surface area contributed by atoms with E-state index in [0.29, 0.717) is 0 Å². The molecule has 0 atom stereocenters. The van der Waals surface area contributed by atoms with Gasteiger partial charge < -0.3 is 0 Å². The van der Waals surface area contributed by atoms with E-state index in [2.05, 4.69) is 37.8 Å². The molecule has 0 unspecified atom stereocenters. The van der Waals surface area contributed by atoms with Crippen molar-refractivity contribution in [2.24, 2.45) is 0 Å². The first-order chi connectivity index (χ1) is 5.86. The summed E-state index contributed by atoms with van der Waals surface area (Å²) in [6.45, 7) is 5.94. The van der Waals surface area contributed by atoms with Crippen LogP contribution >= 0.6 is 0 Å². The highest BCUT2D eigenvalue weighted by molar-refractivity contribution is 5.24. The van der Waals surface area contributed by atoms with Crippen LogP contribution in [-0.4, -0.2) is 0 Å². The van der Waals surface area contributed by atoms with Crippen molar-refractivity contribution in [1.29, 1.82) is 0 Å². The van der Waals surface area contributed by atoms with Crippen LogP contribution in [0.3, 0.4) is 0 Å². The average Bonchev–Trinajstić information content (AvgIpc) is 2.06. The minimum absolute atomic E-state index is 0.984. The maximum Gasteiger partial charge on any atom is -0.0100 e. The van der Waals surface area contributed by atoms with E-state index in [1.54, 1.807) is 0 Å². The molecule has 0 amide bonds. The van der Waals surface area contributed by atoms with Crippen LogP contribution in [0, 0.1) is 0 Å². The normalized spacial score (nSPS) is 9.75. The van der Waals surface area contributed by atoms with Crippen LogP contribution < -0.4 is 0 Å². The molecule has 0 aliphatic heterocycles. The van der Waals surface area contributed by atoms with Gasteiger partial charge in [-0.3, -0.25) is 0 Å². The van der Waals surface area contributed by atoms with Crippen LogP contribution in [0.1, 0.15) is 24.5 Å². The van der Waals surface area contributed by atoms with Gasteiger partial charge in [-0.05, 0) is 24.0 Å². The summed E-state index contributed by atoms with van der Waals surface area (Å²) in [4.78, 5) is 0. The van der Waals surface area contributed by atoms with Gasteiger partial charge in [0.1, 0.15) is 0 Å². The second kappa shape index (κ2) is 4.76. The molecule has 0 heterocycles. The summed E-state index contributed by atoms with van der Waals surface area (Å²) in [6, 6.07) is 8.74. The van der Waals surface area contributed by atoms with Gasteiger partial charge in [0, 0.05) is 0 Å². The Hall–Kier alpha value is -1.04. The van der Waals surface area contributed by atoms with Crippen LogP contribution in [0.4, 0.5) is 0 Å². The highest BCUT2D eigenvalue weighted by Crippen LogP contribution is 2.08. The fraction of sp³-hybridized carbons (Fsp3) is 0.333. The van der Waals surface area contributed by atoms with E-state index in [1.165, 1.54) is 24.0 Å². The molecule has 0 N–H and O–H groups in total. The van der Waals surface area contributed by atoms with Gasteiger partial charge in [-0.1, -0.05) is 43.7 Å². The molecule has 1 aromatic carbocycles. The zero-order valence-corrected chi connectivity index (χ0v) is 7.72. The minimum atomic E-state index is 0.984. The van der Waals surface area contributed by atoms with Gasteiger partial charge in [-0.2, -0.15) is 0 Å². The summed E-state index contributed by atoms with van der Waals surface area (Å²) in [5.74, 6) is 0. The van der Waals surface area contributed by atoms with Crippen molar-refractivity contribution in [3.63, 3.8) is 0 Å². The predicted octanol–water partition coefficient (Wildman–Crippen LogP) is 3.37. The van der Waals surface area contributed by atoms with Gasteiger partial charge in [-0.15, -0.1) is 6.58 Å². The quantitative estimate of drug-likeness (QED) is 0.592. The zero-order chi connectivity index (χ0) is 8.81. The average molecular weight is 160 g/mol. The third-order valence-corrected chi connectivity index (χ3v) is 1.91. The molecule has 12 heavy (non-hydrogen) atoms. The molecular formula is C12H16. The van der Waals surface area contributed by atoms with E-state index in [0.717, 1.165) is 6.42 Å². The van der Waals surface area contributed by atoms with Gasteiger partial charge in [0.05, 0.1) is 0 Å². The lowest BCUT2D eigenvalue weighted by atomic mass is 10.1. The van der Waals surface area contributed by atoms with Gasteiger partial charge >= 0.3 is 0 Å². The first-order valence-corrected chi connectivity index (χ1v) is 4.55. The largest absolute Gasteiger partial charge is 0.103 e. The molecule has 0 spiro atoms. The number of hydrogen-bond donors (Lipinski definition) is 0. The monoisotopic (exact) mass is 160 g/mol. The van der Waals surface area contributed by atoms with Crippen molar-refractivity contribution >= 4 is 0 Å². The molecule has 0 aliphatic rings. The van der Waals surface area contributed by atoms with Gasteiger partial charge in [0.25, 0.3) is 0 Å². The Balaban J connectivity index is 2.73. The van der Waals surface area contributed by atoms with E-state index in [4.69, 9.17) is 0 Å². The Morgan fingerprint density at radius 1 is 1.33 bits per heavy atom. The Labute approximate surface area is 74.9 Å². The summed E-state index contributed by atoms with van der Waals surface area (Å²) in [6.07, 6.45) is 5.34. The van der Waals surface area contributed by atoms with E-state index < -0.39 is 0 Å². The molecule has 1 rings (SSSR count). The maximum absolute atomic E-state index is 3.73. The molecule has 64 valence electrons. The maximum atomic E-state index is 3.73. The van der Waals surface area contributed by atoms with Crippen LogP contribution in [0.5, 0.6) is 0 Å². The number of allylic oxidation sites excluding steroid dienone is 1. The highest BCUT2D eigenvalue weighted by Gasteiger charge is 1.92. The highest BCUT2D eigenvalue weighted by atomic mass is 14.0. The predicted molar refractivity (Wildman–Crippen MR) is 54.3 cm³/mol. The molecule has 0 heteroatoms. The molecule has 1 aromatic rings. The molecule has 0 nitrogen and oxygen atoms in total. The van der Waals surface area contributed by atoms with Crippen LogP contribution in [-0.2, 0) is 12.8 Å². The number of rotatable bonds is 4. The summed E-state index contributed by atoms with van der Waals surface area (Å²) in [5, 5.41) is 0. The summed E-state index contributed by atoms with van der Waals surface area (Å²) in [5.41, 5.74) is 2.81.